The highest BCUT2D eigenvalue weighted by molar-refractivity contribution is 5.94. The SMILES string of the molecule is C[C@@H]1CCCC[C@@H]1NC(=O)COC(=O)c1ccc(NC(=O)CC#N)cc1. The van der Waals surface area contributed by atoms with Crippen LogP contribution in [0, 0.1) is 17.2 Å². The van der Waals surface area contributed by atoms with Crippen LogP contribution in [0.2, 0.25) is 0 Å². The fraction of sp³-hybridized carbons (Fsp3) is 0.474. The van der Waals surface area contributed by atoms with Crippen LogP contribution in [-0.4, -0.2) is 30.4 Å². The standard InChI is InChI=1S/C19H23N3O4/c1-13-4-2-3-5-16(13)22-18(24)12-26-19(25)14-6-8-15(9-7-14)21-17(23)10-11-20/h6-9,13,16H,2-5,10,12H2,1H3,(H,21,23)(H,22,24)/t13-,16+/m1/s1. The number of nitrogens with zero attached hydrogens (tertiary/aromatic N) is 1. The van der Waals surface area contributed by atoms with Crippen LogP contribution < -0.4 is 10.6 Å². The highest BCUT2D eigenvalue weighted by atomic mass is 16.5. The lowest BCUT2D eigenvalue weighted by Crippen LogP contribution is -2.42. The molecule has 0 saturated heterocycles. The predicted molar refractivity (Wildman–Crippen MR) is 95.1 cm³/mol. The molecule has 0 unspecified atom stereocenters. The van der Waals surface area contributed by atoms with Gasteiger partial charge in [0.2, 0.25) is 5.91 Å². The van der Waals surface area contributed by atoms with E-state index in [0.29, 0.717) is 11.6 Å². The topological polar surface area (TPSA) is 108 Å². The second kappa shape index (κ2) is 9.56. The van der Waals surface area contributed by atoms with Crippen LogP contribution in [0.4, 0.5) is 5.69 Å². The maximum Gasteiger partial charge on any atom is 0.338 e. The molecule has 0 radical (unpaired) electrons. The van der Waals surface area contributed by atoms with E-state index in [9.17, 15) is 14.4 Å². The molecule has 138 valence electrons. The van der Waals surface area contributed by atoms with Crippen LogP contribution in [0.1, 0.15) is 49.4 Å². The lowest BCUT2D eigenvalue weighted by atomic mass is 9.86. The van der Waals surface area contributed by atoms with E-state index in [2.05, 4.69) is 17.6 Å². The molecule has 2 atom stereocenters. The summed E-state index contributed by atoms with van der Waals surface area (Å²) in [5, 5.41) is 13.9. The maximum absolute atomic E-state index is 12.0. The van der Waals surface area contributed by atoms with Crippen molar-refractivity contribution >= 4 is 23.5 Å². The minimum Gasteiger partial charge on any atom is -0.452 e. The first-order valence-corrected chi connectivity index (χ1v) is 8.73. The third kappa shape index (κ3) is 5.88. The molecule has 1 saturated carbocycles. The Labute approximate surface area is 152 Å². The van der Waals surface area contributed by atoms with Crippen molar-refractivity contribution in [2.45, 2.75) is 45.1 Å². The average Bonchev–Trinajstić information content (AvgIpc) is 2.62. The van der Waals surface area contributed by atoms with Gasteiger partial charge < -0.3 is 15.4 Å². The lowest BCUT2D eigenvalue weighted by molar-refractivity contribution is -0.125. The Kier molecular flexibility index (Phi) is 7.15. The van der Waals surface area contributed by atoms with E-state index in [0.717, 1.165) is 19.3 Å². The number of ether oxygens (including phenoxy) is 1. The van der Waals surface area contributed by atoms with Crippen LogP contribution in [-0.2, 0) is 14.3 Å². The highest BCUT2D eigenvalue weighted by Gasteiger charge is 2.23. The Bertz CT molecular complexity index is 694. The molecule has 0 bridgehead atoms. The average molecular weight is 357 g/mol. The molecule has 0 aromatic heterocycles. The molecule has 26 heavy (non-hydrogen) atoms. The molecular weight excluding hydrogens is 334 g/mol. The van der Waals surface area contributed by atoms with E-state index in [1.165, 1.54) is 30.7 Å². The number of amides is 2. The molecular formula is C19H23N3O4. The van der Waals surface area contributed by atoms with Gasteiger partial charge in [-0.05, 0) is 43.0 Å². The Morgan fingerprint density at radius 2 is 1.85 bits per heavy atom. The second-order valence-corrected chi connectivity index (χ2v) is 6.47. The van der Waals surface area contributed by atoms with Gasteiger partial charge in [-0.2, -0.15) is 5.26 Å². The van der Waals surface area contributed by atoms with Gasteiger partial charge in [-0.25, -0.2) is 4.79 Å². The summed E-state index contributed by atoms with van der Waals surface area (Å²) in [4.78, 5) is 35.3. The van der Waals surface area contributed by atoms with E-state index in [1.807, 2.05) is 0 Å². The summed E-state index contributed by atoms with van der Waals surface area (Å²) < 4.78 is 5.04. The molecule has 1 aliphatic carbocycles. The zero-order chi connectivity index (χ0) is 18.9. The number of benzene rings is 1. The lowest BCUT2D eigenvalue weighted by Gasteiger charge is -2.29. The van der Waals surface area contributed by atoms with Crippen molar-refractivity contribution in [1.82, 2.24) is 5.32 Å². The summed E-state index contributed by atoms with van der Waals surface area (Å²) in [6.45, 7) is 1.80. The Morgan fingerprint density at radius 1 is 1.15 bits per heavy atom. The Balaban J connectivity index is 1.79. The first kappa shape index (κ1) is 19.4. The number of hydrogen-bond donors (Lipinski definition) is 2. The van der Waals surface area contributed by atoms with Crippen LogP contribution in [0.25, 0.3) is 0 Å². The summed E-state index contributed by atoms with van der Waals surface area (Å²) in [6.07, 6.45) is 4.11. The largest absolute Gasteiger partial charge is 0.452 e. The third-order valence-electron chi connectivity index (χ3n) is 4.44. The van der Waals surface area contributed by atoms with E-state index >= 15 is 0 Å². The van der Waals surface area contributed by atoms with Crippen molar-refractivity contribution in [2.75, 3.05) is 11.9 Å². The van der Waals surface area contributed by atoms with Crippen molar-refractivity contribution in [1.29, 1.82) is 5.26 Å². The van der Waals surface area contributed by atoms with Crippen LogP contribution in [0.15, 0.2) is 24.3 Å². The van der Waals surface area contributed by atoms with Crippen molar-refractivity contribution in [2.24, 2.45) is 5.92 Å². The minimum absolute atomic E-state index is 0.145. The van der Waals surface area contributed by atoms with Gasteiger partial charge in [-0.1, -0.05) is 19.8 Å². The van der Waals surface area contributed by atoms with Gasteiger partial charge in [-0.3, -0.25) is 9.59 Å². The molecule has 7 nitrogen and oxygen atoms in total. The van der Waals surface area contributed by atoms with Crippen LogP contribution >= 0.6 is 0 Å². The van der Waals surface area contributed by atoms with Gasteiger partial charge in [0.15, 0.2) is 6.61 Å². The molecule has 0 spiro atoms. The number of nitrogens with one attached hydrogen (secondary N) is 2. The molecule has 1 fully saturated rings. The Morgan fingerprint density at radius 3 is 2.50 bits per heavy atom. The van der Waals surface area contributed by atoms with Gasteiger partial charge in [0.25, 0.3) is 5.91 Å². The fourth-order valence-corrected chi connectivity index (χ4v) is 2.96. The van der Waals surface area contributed by atoms with E-state index < -0.39 is 11.9 Å². The number of carbonyl (C=O) groups excluding carboxylic acids is 3. The smallest absolute Gasteiger partial charge is 0.338 e. The summed E-state index contributed by atoms with van der Waals surface area (Å²) >= 11 is 0. The minimum atomic E-state index is -0.605. The normalized spacial score (nSPS) is 19.1. The number of esters is 1. The van der Waals surface area contributed by atoms with Crippen LogP contribution in [0.3, 0.4) is 0 Å². The van der Waals surface area contributed by atoms with E-state index in [-0.39, 0.29) is 30.5 Å². The third-order valence-corrected chi connectivity index (χ3v) is 4.44. The number of anilines is 1. The van der Waals surface area contributed by atoms with E-state index in [1.54, 1.807) is 6.07 Å². The molecule has 1 aromatic carbocycles. The highest BCUT2D eigenvalue weighted by Crippen LogP contribution is 2.23. The molecule has 2 rings (SSSR count). The molecule has 2 amide bonds. The first-order valence-electron chi connectivity index (χ1n) is 8.73. The molecule has 0 heterocycles. The summed E-state index contributed by atoms with van der Waals surface area (Å²) in [5.74, 6) is -0.882. The summed E-state index contributed by atoms with van der Waals surface area (Å²) in [6, 6.07) is 7.95. The van der Waals surface area contributed by atoms with E-state index in [4.69, 9.17) is 10.00 Å². The monoisotopic (exact) mass is 357 g/mol. The number of hydrogen-bond acceptors (Lipinski definition) is 5. The maximum atomic E-state index is 12.0. The van der Waals surface area contributed by atoms with Crippen molar-refractivity contribution in [3.05, 3.63) is 29.8 Å². The van der Waals surface area contributed by atoms with Gasteiger partial charge in [0, 0.05) is 11.7 Å². The quantitative estimate of drug-likeness (QED) is 0.760. The van der Waals surface area contributed by atoms with Gasteiger partial charge in [0.05, 0.1) is 11.6 Å². The van der Waals surface area contributed by atoms with Gasteiger partial charge in [0.1, 0.15) is 6.42 Å². The second-order valence-electron chi connectivity index (χ2n) is 6.47. The number of nitriles is 1. The zero-order valence-electron chi connectivity index (χ0n) is 14.8. The van der Waals surface area contributed by atoms with Crippen molar-refractivity contribution in [3.63, 3.8) is 0 Å². The Hall–Kier alpha value is -2.88. The molecule has 1 aromatic rings. The zero-order valence-corrected chi connectivity index (χ0v) is 14.8. The molecule has 0 aliphatic heterocycles. The van der Waals surface area contributed by atoms with Crippen LogP contribution in [0.5, 0.6) is 0 Å². The molecule has 7 heteroatoms. The first-order chi connectivity index (χ1) is 12.5. The van der Waals surface area contributed by atoms with Gasteiger partial charge >= 0.3 is 5.97 Å². The molecule has 2 N–H and O–H groups in total. The summed E-state index contributed by atoms with van der Waals surface area (Å²) in [7, 11) is 0. The molecule has 1 aliphatic rings. The summed E-state index contributed by atoms with van der Waals surface area (Å²) in [5.41, 5.74) is 0.757. The number of carbonyl (C=O) groups is 3. The van der Waals surface area contributed by atoms with Gasteiger partial charge in [-0.15, -0.1) is 0 Å². The fourth-order valence-electron chi connectivity index (χ4n) is 2.96. The number of rotatable bonds is 6. The van der Waals surface area contributed by atoms with Crippen molar-refractivity contribution < 1.29 is 19.1 Å². The predicted octanol–water partition coefficient (Wildman–Crippen LogP) is 2.39. The van der Waals surface area contributed by atoms with Crippen molar-refractivity contribution in [3.8, 4) is 6.07 Å².